The lowest BCUT2D eigenvalue weighted by atomic mass is 10.1. The first-order chi connectivity index (χ1) is 15.3. The van der Waals surface area contributed by atoms with Crippen LogP contribution in [0.1, 0.15) is 11.3 Å². The van der Waals surface area contributed by atoms with E-state index in [9.17, 15) is 4.79 Å². The van der Waals surface area contributed by atoms with Gasteiger partial charge in [0.15, 0.2) is 5.82 Å². The summed E-state index contributed by atoms with van der Waals surface area (Å²) in [7, 11) is 0. The van der Waals surface area contributed by atoms with Crippen LogP contribution < -0.4 is 10.1 Å². The summed E-state index contributed by atoms with van der Waals surface area (Å²) in [5.74, 6) is 1.39. The summed E-state index contributed by atoms with van der Waals surface area (Å²) in [5.41, 5.74) is 3.83. The molecule has 31 heavy (non-hydrogen) atoms. The highest BCUT2D eigenvalue weighted by Gasteiger charge is 2.26. The average Bonchev–Trinajstić information content (AvgIpc) is 3.45. The number of rotatable bonds is 6. The minimum Gasteiger partial charge on any atom is -0.487 e. The van der Waals surface area contributed by atoms with Gasteiger partial charge in [-0.2, -0.15) is 0 Å². The number of ether oxygens (including phenoxy) is 1. The summed E-state index contributed by atoms with van der Waals surface area (Å²) in [6.07, 6.45) is 4.32. The molecule has 1 N–H and O–H groups in total. The van der Waals surface area contributed by atoms with Crippen LogP contribution in [0.3, 0.4) is 0 Å². The molecule has 1 aliphatic rings. The van der Waals surface area contributed by atoms with E-state index in [4.69, 9.17) is 4.74 Å². The molecule has 0 saturated carbocycles. The standard InChI is InChI=1S/C24H20N4O2S/c29-21(13-18-15-31-24(28-18)16-6-2-1-3-7-16)27-14-19-12-17-8-4-9-20(22(17)30-19)23-25-10-5-11-26-23/h1-11,15,19H,12-14H2,(H,27,29)/t19-/m0/s1. The normalized spacial score (nSPS) is 14.6. The van der Waals surface area contributed by atoms with E-state index in [1.165, 1.54) is 0 Å². The molecule has 2 aromatic heterocycles. The highest BCUT2D eigenvalue weighted by Crippen LogP contribution is 2.37. The first kappa shape index (κ1) is 19.4. The van der Waals surface area contributed by atoms with Gasteiger partial charge in [0.1, 0.15) is 16.9 Å². The maximum Gasteiger partial charge on any atom is 0.226 e. The molecule has 0 saturated heterocycles. The molecule has 0 spiro atoms. The highest BCUT2D eigenvalue weighted by atomic mass is 32.1. The van der Waals surface area contributed by atoms with E-state index in [-0.39, 0.29) is 18.4 Å². The summed E-state index contributed by atoms with van der Waals surface area (Å²) in [6, 6.07) is 17.8. The number of thiazole rings is 1. The topological polar surface area (TPSA) is 77.0 Å². The van der Waals surface area contributed by atoms with Crippen molar-refractivity contribution in [1.82, 2.24) is 20.3 Å². The number of nitrogens with one attached hydrogen (secondary N) is 1. The number of aromatic nitrogens is 3. The molecule has 7 heteroatoms. The third-order valence-electron chi connectivity index (χ3n) is 5.08. The molecular weight excluding hydrogens is 408 g/mol. The molecule has 3 heterocycles. The van der Waals surface area contributed by atoms with Gasteiger partial charge < -0.3 is 10.1 Å². The van der Waals surface area contributed by atoms with E-state index in [1.54, 1.807) is 29.8 Å². The number of carbonyl (C=O) groups excluding carboxylic acids is 1. The van der Waals surface area contributed by atoms with E-state index in [0.717, 1.165) is 39.6 Å². The monoisotopic (exact) mass is 428 g/mol. The highest BCUT2D eigenvalue weighted by molar-refractivity contribution is 7.13. The number of hydrogen-bond donors (Lipinski definition) is 1. The summed E-state index contributed by atoms with van der Waals surface area (Å²) in [6.45, 7) is 0.443. The van der Waals surface area contributed by atoms with Crippen molar-refractivity contribution in [3.63, 3.8) is 0 Å². The number of fused-ring (bicyclic) bond motifs is 1. The number of hydrogen-bond acceptors (Lipinski definition) is 6. The van der Waals surface area contributed by atoms with Gasteiger partial charge in [-0.3, -0.25) is 4.79 Å². The molecule has 0 unspecified atom stereocenters. The van der Waals surface area contributed by atoms with Crippen molar-refractivity contribution in [2.24, 2.45) is 0 Å². The lowest BCUT2D eigenvalue weighted by Crippen LogP contribution is -2.35. The maximum atomic E-state index is 12.5. The molecule has 0 radical (unpaired) electrons. The van der Waals surface area contributed by atoms with Crippen molar-refractivity contribution < 1.29 is 9.53 Å². The minimum atomic E-state index is -0.112. The largest absolute Gasteiger partial charge is 0.487 e. The Hall–Kier alpha value is -3.58. The molecule has 0 fully saturated rings. The summed E-state index contributed by atoms with van der Waals surface area (Å²) in [4.78, 5) is 25.7. The second-order valence-corrected chi connectivity index (χ2v) is 8.16. The maximum absolute atomic E-state index is 12.5. The number of amides is 1. The number of para-hydroxylation sites is 1. The zero-order chi connectivity index (χ0) is 21.0. The van der Waals surface area contributed by atoms with Crippen LogP contribution in [-0.4, -0.2) is 33.5 Å². The van der Waals surface area contributed by atoms with E-state index >= 15 is 0 Å². The van der Waals surface area contributed by atoms with Gasteiger partial charge in [0.2, 0.25) is 5.91 Å². The van der Waals surface area contributed by atoms with E-state index in [2.05, 4.69) is 20.3 Å². The van der Waals surface area contributed by atoms with Gasteiger partial charge in [0.05, 0.1) is 24.2 Å². The van der Waals surface area contributed by atoms with Crippen molar-refractivity contribution in [2.45, 2.75) is 18.9 Å². The molecule has 1 aliphatic heterocycles. The van der Waals surface area contributed by atoms with Gasteiger partial charge in [-0.05, 0) is 17.7 Å². The Morgan fingerprint density at radius 1 is 1.06 bits per heavy atom. The first-order valence-corrected chi connectivity index (χ1v) is 11.0. The molecule has 5 rings (SSSR count). The van der Waals surface area contributed by atoms with Crippen LogP contribution in [0.2, 0.25) is 0 Å². The fourth-order valence-electron chi connectivity index (χ4n) is 3.62. The molecule has 0 aliphatic carbocycles. The van der Waals surface area contributed by atoms with Crippen LogP contribution in [0.15, 0.2) is 72.4 Å². The molecule has 1 atom stereocenters. The van der Waals surface area contributed by atoms with Gasteiger partial charge in [-0.25, -0.2) is 15.0 Å². The van der Waals surface area contributed by atoms with E-state index < -0.39 is 0 Å². The lowest BCUT2D eigenvalue weighted by Gasteiger charge is -2.13. The molecule has 1 amide bonds. The summed E-state index contributed by atoms with van der Waals surface area (Å²) < 4.78 is 6.15. The molecule has 0 bridgehead atoms. The Bertz CT molecular complexity index is 1190. The Morgan fingerprint density at radius 2 is 1.90 bits per heavy atom. The van der Waals surface area contributed by atoms with Gasteiger partial charge in [-0.15, -0.1) is 11.3 Å². The predicted molar refractivity (Wildman–Crippen MR) is 120 cm³/mol. The zero-order valence-corrected chi connectivity index (χ0v) is 17.5. The second-order valence-electron chi connectivity index (χ2n) is 7.30. The van der Waals surface area contributed by atoms with E-state index in [0.29, 0.717) is 12.4 Å². The average molecular weight is 429 g/mol. The number of nitrogens with zero attached hydrogens (tertiary/aromatic N) is 3. The smallest absolute Gasteiger partial charge is 0.226 e. The van der Waals surface area contributed by atoms with Crippen molar-refractivity contribution in [3.8, 4) is 27.7 Å². The fourth-order valence-corrected chi connectivity index (χ4v) is 4.45. The molecule has 154 valence electrons. The molecule has 6 nitrogen and oxygen atoms in total. The SMILES string of the molecule is O=C(Cc1csc(-c2ccccc2)n1)NC[C@@H]1Cc2cccc(-c3ncccn3)c2O1. The van der Waals surface area contributed by atoms with Crippen molar-refractivity contribution in [3.05, 3.63) is 83.6 Å². The van der Waals surface area contributed by atoms with Crippen LogP contribution in [0, 0.1) is 0 Å². The Labute approximate surface area is 184 Å². The van der Waals surface area contributed by atoms with E-state index in [1.807, 2.05) is 53.9 Å². The Kier molecular flexibility index (Phi) is 5.41. The van der Waals surface area contributed by atoms with Crippen LogP contribution in [0.4, 0.5) is 0 Å². The van der Waals surface area contributed by atoms with Crippen molar-refractivity contribution >= 4 is 17.2 Å². The van der Waals surface area contributed by atoms with Crippen molar-refractivity contribution in [2.75, 3.05) is 6.54 Å². The minimum absolute atomic E-state index is 0.0592. The second kappa shape index (κ2) is 8.65. The quantitative estimate of drug-likeness (QED) is 0.504. The number of benzene rings is 2. The van der Waals surface area contributed by atoms with Crippen molar-refractivity contribution in [1.29, 1.82) is 0 Å². The van der Waals surface area contributed by atoms with Gasteiger partial charge in [-0.1, -0.05) is 42.5 Å². The predicted octanol–water partition coefficient (Wildman–Crippen LogP) is 3.93. The zero-order valence-electron chi connectivity index (χ0n) is 16.7. The van der Waals surface area contributed by atoms with Crippen LogP contribution in [-0.2, 0) is 17.6 Å². The summed E-state index contributed by atoms with van der Waals surface area (Å²) >= 11 is 1.55. The van der Waals surface area contributed by atoms with Crippen LogP contribution in [0.25, 0.3) is 22.0 Å². The third kappa shape index (κ3) is 4.32. The van der Waals surface area contributed by atoms with Gasteiger partial charge in [0.25, 0.3) is 0 Å². The lowest BCUT2D eigenvalue weighted by molar-refractivity contribution is -0.120. The first-order valence-electron chi connectivity index (χ1n) is 10.1. The third-order valence-corrected chi connectivity index (χ3v) is 6.02. The Balaban J connectivity index is 1.18. The Morgan fingerprint density at radius 3 is 2.74 bits per heavy atom. The van der Waals surface area contributed by atoms with Gasteiger partial charge in [0, 0.05) is 29.8 Å². The number of carbonyl (C=O) groups is 1. The molecule has 4 aromatic rings. The molecular formula is C24H20N4O2S. The van der Waals surface area contributed by atoms with Crippen LogP contribution in [0.5, 0.6) is 5.75 Å². The summed E-state index contributed by atoms with van der Waals surface area (Å²) in [5, 5.41) is 5.85. The van der Waals surface area contributed by atoms with Crippen LogP contribution >= 0.6 is 11.3 Å². The van der Waals surface area contributed by atoms with Gasteiger partial charge >= 0.3 is 0 Å². The molecule has 2 aromatic carbocycles. The fraction of sp³-hybridized carbons (Fsp3) is 0.167.